The molecule has 0 bridgehead atoms. The van der Waals surface area contributed by atoms with Gasteiger partial charge < -0.3 is 15.0 Å². The first kappa shape index (κ1) is 17.6. The van der Waals surface area contributed by atoms with Gasteiger partial charge >= 0.3 is 6.03 Å². The van der Waals surface area contributed by atoms with Crippen LogP contribution in [-0.4, -0.2) is 36.3 Å². The van der Waals surface area contributed by atoms with Crippen LogP contribution in [0.5, 0.6) is 0 Å². The number of hydrogen-bond donors (Lipinski definition) is 2. The zero-order valence-corrected chi connectivity index (χ0v) is 15.2. The second-order valence-electron chi connectivity index (χ2n) is 6.20. The molecule has 1 fully saturated rings. The topological polar surface area (TPSA) is 66.5 Å². The van der Waals surface area contributed by atoms with Gasteiger partial charge in [-0.2, -0.15) is 0 Å². The van der Waals surface area contributed by atoms with Gasteiger partial charge in [0.15, 0.2) is 5.13 Å². The highest BCUT2D eigenvalue weighted by molar-refractivity contribution is 7.13. The Morgan fingerprint density at radius 1 is 1.32 bits per heavy atom. The number of aromatic nitrogens is 1. The number of carbonyl (C=O) groups excluding carboxylic acids is 1. The van der Waals surface area contributed by atoms with Crippen LogP contribution in [0.4, 0.5) is 25.7 Å². The van der Waals surface area contributed by atoms with Crippen LogP contribution >= 0.6 is 11.3 Å². The number of nitrogens with zero attached hydrogens (tertiary/aromatic N) is 2. The number of rotatable bonds is 3. The van der Waals surface area contributed by atoms with Gasteiger partial charge in [-0.3, -0.25) is 5.32 Å². The van der Waals surface area contributed by atoms with Crippen LogP contribution in [0.25, 0.3) is 0 Å². The van der Waals surface area contributed by atoms with E-state index in [0.29, 0.717) is 29.6 Å². The number of carbonyl (C=O) groups is 1. The smallest absolute Gasteiger partial charge is 0.325 e. The molecule has 2 N–H and O–H groups in total. The lowest BCUT2D eigenvalue weighted by Crippen LogP contribution is -2.45. The molecule has 25 heavy (non-hydrogen) atoms. The maximum atomic E-state index is 14.5. The highest BCUT2D eigenvalue weighted by Crippen LogP contribution is 2.26. The molecule has 1 aromatic heterocycles. The van der Waals surface area contributed by atoms with Crippen molar-refractivity contribution in [2.75, 3.05) is 28.6 Å². The number of benzene rings is 1. The van der Waals surface area contributed by atoms with Gasteiger partial charge in [0, 0.05) is 24.2 Å². The first-order valence-electron chi connectivity index (χ1n) is 8.11. The molecule has 2 aromatic rings. The van der Waals surface area contributed by atoms with Gasteiger partial charge in [0.25, 0.3) is 0 Å². The minimum atomic E-state index is -0.449. The molecule has 1 aromatic carbocycles. The third kappa shape index (κ3) is 4.46. The summed E-state index contributed by atoms with van der Waals surface area (Å²) >= 11 is 1.34. The Morgan fingerprint density at radius 3 is 2.64 bits per heavy atom. The summed E-state index contributed by atoms with van der Waals surface area (Å²) in [5.41, 5.74) is 1.74. The Hall–Kier alpha value is -2.19. The summed E-state index contributed by atoms with van der Waals surface area (Å²) in [7, 11) is 0. The molecule has 2 unspecified atom stereocenters. The summed E-state index contributed by atoms with van der Waals surface area (Å²) in [6.45, 7) is 7.07. The molecule has 134 valence electrons. The van der Waals surface area contributed by atoms with Crippen LogP contribution in [0.15, 0.2) is 23.6 Å². The maximum Gasteiger partial charge on any atom is 0.325 e. The molecule has 0 aliphatic carbocycles. The standard InChI is InChI=1S/C17H21FN4O2S/c1-10-9-25-17(19-10)21-16(23)20-13-4-5-15(14(18)6-13)22-7-11(2)24-12(3)8-22/h4-6,9,11-12H,7-8H2,1-3H3,(H2,19,20,21,23). The number of morpholine rings is 1. The van der Waals surface area contributed by atoms with Crippen molar-refractivity contribution in [1.82, 2.24) is 4.98 Å². The Kier molecular flexibility index (Phi) is 5.19. The summed E-state index contributed by atoms with van der Waals surface area (Å²) in [5, 5.41) is 7.59. The van der Waals surface area contributed by atoms with Crippen molar-refractivity contribution < 1.29 is 13.9 Å². The molecular formula is C17H21FN4O2S. The van der Waals surface area contributed by atoms with E-state index >= 15 is 0 Å². The predicted octanol–water partition coefficient (Wildman–Crippen LogP) is 3.85. The van der Waals surface area contributed by atoms with Gasteiger partial charge in [-0.1, -0.05) is 0 Å². The SMILES string of the molecule is Cc1csc(NC(=O)Nc2ccc(N3CC(C)OC(C)C3)c(F)c2)n1. The number of nitrogens with one attached hydrogen (secondary N) is 2. The molecular weight excluding hydrogens is 343 g/mol. The molecule has 3 rings (SSSR count). The number of aryl methyl sites for hydroxylation is 1. The third-order valence-corrected chi connectivity index (χ3v) is 4.68. The number of ether oxygens (including phenoxy) is 1. The molecule has 0 spiro atoms. The van der Waals surface area contributed by atoms with E-state index < -0.39 is 6.03 Å². The number of halogens is 1. The van der Waals surface area contributed by atoms with Crippen LogP contribution in [0, 0.1) is 12.7 Å². The lowest BCUT2D eigenvalue weighted by molar-refractivity contribution is -0.00539. The van der Waals surface area contributed by atoms with E-state index in [4.69, 9.17) is 4.74 Å². The Labute approximate surface area is 150 Å². The van der Waals surface area contributed by atoms with Crippen molar-refractivity contribution in [1.29, 1.82) is 0 Å². The van der Waals surface area contributed by atoms with Crippen molar-refractivity contribution >= 4 is 33.9 Å². The summed E-state index contributed by atoms with van der Waals surface area (Å²) in [4.78, 5) is 18.1. The highest BCUT2D eigenvalue weighted by atomic mass is 32.1. The largest absolute Gasteiger partial charge is 0.372 e. The van der Waals surface area contributed by atoms with Crippen molar-refractivity contribution in [3.05, 3.63) is 35.1 Å². The van der Waals surface area contributed by atoms with Crippen LogP contribution in [-0.2, 0) is 4.74 Å². The van der Waals surface area contributed by atoms with Gasteiger partial charge in [0.2, 0.25) is 0 Å². The van der Waals surface area contributed by atoms with Gasteiger partial charge in [-0.05, 0) is 39.0 Å². The van der Waals surface area contributed by atoms with E-state index in [-0.39, 0.29) is 18.0 Å². The molecule has 6 nitrogen and oxygen atoms in total. The number of amides is 2. The first-order chi connectivity index (χ1) is 11.9. The normalized spacial score (nSPS) is 20.4. The predicted molar refractivity (Wildman–Crippen MR) is 98.1 cm³/mol. The third-order valence-electron chi connectivity index (χ3n) is 3.81. The van der Waals surface area contributed by atoms with Gasteiger partial charge in [-0.15, -0.1) is 11.3 Å². The first-order valence-corrected chi connectivity index (χ1v) is 8.99. The number of thiazole rings is 1. The number of urea groups is 1. The van der Waals surface area contributed by atoms with E-state index in [0.717, 1.165) is 5.69 Å². The Balaban J connectivity index is 1.66. The minimum Gasteiger partial charge on any atom is -0.372 e. The average molecular weight is 364 g/mol. The molecule has 0 radical (unpaired) electrons. The lowest BCUT2D eigenvalue weighted by atomic mass is 10.2. The van der Waals surface area contributed by atoms with Crippen molar-refractivity contribution in [2.24, 2.45) is 0 Å². The highest BCUT2D eigenvalue weighted by Gasteiger charge is 2.24. The molecule has 1 aliphatic rings. The van der Waals surface area contributed by atoms with E-state index in [9.17, 15) is 9.18 Å². The number of hydrogen-bond acceptors (Lipinski definition) is 5. The molecule has 1 saturated heterocycles. The quantitative estimate of drug-likeness (QED) is 0.868. The van der Waals surface area contributed by atoms with Crippen LogP contribution in [0.1, 0.15) is 19.5 Å². The summed E-state index contributed by atoms with van der Waals surface area (Å²) in [6, 6.07) is 4.25. The van der Waals surface area contributed by atoms with Gasteiger partial charge in [0.05, 0.1) is 23.6 Å². The van der Waals surface area contributed by atoms with Crippen molar-refractivity contribution in [3.63, 3.8) is 0 Å². The van der Waals surface area contributed by atoms with E-state index in [1.54, 1.807) is 12.1 Å². The summed E-state index contributed by atoms with van der Waals surface area (Å²) < 4.78 is 20.2. The molecule has 1 aliphatic heterocycles. The van der Waals surface area contributed by atoms with E-state index in [1.807, 2.05) is 31.1 Å². The molecule has 2 heterocycles. The lowest BCUT2D eigenvalue weighted by Gasteiger charge is -2.37. The molecule has 8 heteroatoms. The maximum absolute atomic E-state index is 14.5. The minimum absolute atomic E-state index is 0.0495. The fourth-order valence-electron chi connectivity index (χ4n) is 2.89. The number of anilines is 3. The monoisotopic (exact) mass is 364 g/mol. The average Bonchev–Trinajstić information content (AvgIpc) is 2.91. The van der Waals surface area contributed by atoms with Crippen LogP contribution in [0.3, 0.4) is 0 Å². The summed E-state index contributed by atoms with van der Waals surface area (Å²) in [6.07, 6.45) is 0.0990. The van der Waals surface area contributed by atoms with E-state index in [2.05, 4.69) is 15.6 Å². The van der Waals surface area contributed by atoms with Crippen LogP contribution in [0.2, 0.25) is 0 Å². The van der Waals surface area contributed by atoms with E-state index in [1.165, 1.54) is 17.4 Å². The molecule has 2 atom stereocenters. The molecule has 0 saturated carbocycles. The zero-order chi connectivity index (χ0) is 18.0. The van der Waals surface area contributed by atoms with Gasteiger partial charge in [0.1, 0.15) is 5.82 Å². The second kappa shape index (κ2) is 7.37. The van der Waals surface area contributed by atoms with Crippen LogP contribution < -0.4 is 15.5 Å². The fraction of sp³-hybridized carbons (Fsp3) is 0.412. The van der Waals surface area contributed by atoms with Crippen molar-refractivity contribution in [3.8, 4) is 0 Å². The Morgan fingerprint density at radius 2 is 2.04 bits per heavy atom. The molecule has 2 amide bonds. The fourth-order valence-corrected chi connectivity index (χ4v) is 3.57. The van der Waals surface area contributed by atoms with Crippen molar-refractivity contribution in [2.45, 2.75) is 33.0 Å². The Bertz CT molecular complexity index is 757. The second-order valence-corrected chi connectivity index (χ2v) is 7.06. The summed E-state index contributed by atoms with van der Waals surface area (Å²) in [5.74, 6) is -0.371. The van der Waals surface area contributed by atoms with Gasteiger partial charge in [-0.25, -0.2) is 14.2 Å². The zero-order valence-electron chi connectivity index (χ0n) is 14.4.